The smallest absolute Gasteiger partial charge is 0.162 e. The highest BCUT2D eigenvalue weighted by molar-refractivity contribution is 5.23. The maximum Gasteiger partial charge on any atom is 0.162 e. The molecule has 0 aliphatic carbocycles. The molecule has 0 spiro atoms. The van der Waals surface area contributed by atoms with Gasteiger partial charge in [-0.3, -0.25) is 0 Å². The van der Waals surface area contributed by atoms with Crippen LogP contribution in [0, 0.1) is 11.6 Å². The highest BCUT2D eigenvalue weighted by Gasteiger charge is 2.17. The second-order valence-corrected chi connectivity index (χ2v) is 5.53. The summed E-state index contributed by atoms with van der Waals surface area (Å²) in [4.78, 5) is 2.28. The summed E-state index contributed by atoms with van der Waals surface area (Å²) in [5.74, 6) is -1.65. The number of hydrogen-bond donors (Lipinski definition) is 2. The van der Waals surface area contributed by atoms with Gasteiger partial charge in [0, 0.05) is 18.7 Å². The van der Waals surface area contributed by atoms with E-state index in [0.29, 0.717) is 12.6 Å². The fourth-order valence-corrected chi connectivity index (χ4v) is 2.33. The van der Waals surface area contributed by atoms with E-state index in [9.17, 15) is 13.9 Å². The first-order chi connectivity index (χ1) is 10.0. The number of nitrogens with one attached hydrogen (secondary N) is 1. The first kappa shape index (κ1) is 16.1. The van der Waals surface area contributed by atoms with Crippen molar-refractivity contribution in [1.82, 2.24) is 10.2 Å². The Morgan fingerprint density at radius 2 is 2.05 bits per heavy atom. The summed E-state index contributed by atoms with van der Waals surface area (Å²) in [7, 11) is 2.10. The first-order valence-corrected chi connectivity index (χ1v) is 7.22. The van der Waals surface area contributed by atoms with Crippen LogP contribution in [0.5, 0.6) is 5.75 Å². The van der Waals surface area contributed by atoms with Crippen LogP contribution in [0.15, 0.2) is 18.2 Å². The van der Waals surface area contributed by atoms with E-state index in [1.165, 1.54) is 6.07 Å². The molecule has 2 rings (SSSR count). The summed E-state index contributed by atoms with van der Waals surface area (Å²) in [6, 6.07) is 3.75. The quantitative estimate of drug-likeness (QED) is 0.833. The van der Waals surface area contributed by atoms with Crippen molar-refractivity contribution in [2.24, 2.45) is 0 Å². The first-order valence-electron chi connectivity index (χ1n) is 7.22. The van der Waals surface area contributed by atoms with E-state index in [2.05, 4.69) is 17.3 Å². The van der Waals surface area contributed by atoms with Crippen molar-refractivity contribution < 1.29 is 18.6 Å². The highest BCUT2D eigenvalue weighted by Crippen LogP contribution is 2.15. The molecule has 0 radical (unpaired) electrons. The molecule has 1 unspecified atom stereocenters. The van der Waals surface area contributed by atoms with Crippen molar-refractivity contribution in [3.8, 4) is 5.75 Å². The summed E-state index contributed by atoms with van der Waals surface area (Å²) in [5, 5.41) is 13.2. The molecule has 1 fully saturated rings. The number of likely N-dealkylation sites (tertiary alicyclic amines) is 1. The molecule has 1 aliphatic rings. The largest absolute Gasteiger partial charge is 0.491 e. The van der Waals surface area contributed by atoms with Gasteiger partial charge >= 0.3 is 0 Å². The van der Waals surface area contributed by atoms with E-state index in [1.54, 1.807) is 0 Å². The van der Waals surface area contributed by atoms with Crippen molar-refractivity contribution in [2.75, 3.05) is 33.3 Å². The molecular weight excluding hydrogens is 278 g/mol. The molecule has 0 amide bonds. The lowest BCUT2D eigenvalue weighted by Crippen LogP contribution is -2.44. The van der Waals surface area contributed by atoms with Gasteiger partial charge in [0.15, 0.2) is 11.6 Å². The Bertz CT molecular complexity index is 451. The minimum atomic E-state index is -0.952. The van der Waals surface area contributed by atoms with Crippen molar-refractivity contribution in [3.05, 3.63) is 29.8 Å². The van der Waals surface area contributed by atoms with E-state index in [1.807, 2.05) is 0 Å². The Morgan fingerprint density at radius 1 is 1.33 bits per heavy atom. The molecule has 1 aromatic carbocycles. The van der Waals surface area contributed by atoms with Crippen LogP contribution in [0.2, 0.25) is 0 Å². The number of hydrogen-bond acceptors (Lipinski definition) is 4. The average molecular weight is 300 g/mol. The normalized spacial score (nSPS) is 18.7. The molecule has 1 saturated heterocycles. The van der Waals surface area contributed by atoms with Crippen LogP contribution in [-0.2, 0) is 0 Å². The van der Waals surface area contributed by atoms with Crippen molar-refractivity contribution in [2.45, 2.75) is 25.0 Å². The van der Waals surface area contributed by atoms with E-state index >= 15 is 0 Å². The lowest BCUT2D eigenvalue weighted by atomic mass is 10.1. The predicted octanol–water partition coefficient (Wildman–Crippen LogP) is 1.39. The summed E-state index contributed by atoms with van der Waals surface area (Å²) < 4.78 is 31.0. The molecule has 0 aromatic heterocycles. The van der Waals surface area contributed by atoms with Gasteiger partial charge in [0.2, 0.25) is 0 Å². The summed E-state index contributed by atoms with van der Waals surface area (Å²) >= 11 is 0. The number of aliphatic hydroxyl groups excluding tert-OH is 1. The Balaban J connectivity index is 1.67. The molecule has 4 nitrogen and oxygen atoms in total. The molecule has 0 saturated carbocycles. The molecule has 1 heterocycles. The van der Waals surface area contributed by atoms with Gasteiger partial charge in [-0.25, -0.2) is 8.78 Å². The van der Waals surface area contributed by atoms with Gasteiger partial charge in [-0.05, 0) is 45.1 Å². The van der Waals surface area contributed by atoms with Gasteiger partial charge in [-0.2, -0.15) is 0 Å². The van der Waals surface area contributed by atoms with E-state index in [4.69, 9.17) is 4.74 Å². The fourth-order valence-electron chi connectivity index (χ4n) is 2.33. The number of benzene rings is 1. The second kappa shape index (κ2) is 7.68. The predicted molar refractivity (Wildman–Crippen MR) is 76.4 cm³/mol. The van der Waals surface area contributed by atoms with Crippen molar-refractivity contribution in [3.63, 3.8) is 0 Å². The number of nitrogens with zero attached hydrogens (tertiary/aromatic N) is 1. The minimum absolute atomic E-state index is 0.0463. The zero-order chi connectivity index (χ0) is 15.2. The summed E-state index contributed by atoms with van der Waals surface area (Å²) in [5.41, 5.74) is 0. The number of halogens is 2. The van der Waals surface area contributed by atoms with Crippen LogP contribution in [0.3, 0.4) is 0 Å². The maximum absolute atomic E-state index is 13.0. The maximum atomic E-state index is 13.0. The lowest BCUT2D eigenvalue weighted by Gasteiger charge is -2.30. The van der Waals surface area contributed by atoms with Gasteiger partial charge in [0.1, 0.15) is 18.5 Å². The molecular formula is C15H22F2N2O2. The summed E-state index contributed by atoms with van der Waals surface area (Å²) in [6.45, 7) is 2.58. The number of rotatable bonds is 6. The zero-order valence-electron chi connectivity index (χ0n) is 12.2. The van der Waals surface area contributed by atoms with Gasteiger partial charge in [0.05, 0.1) is 0 Å². The molecule has 118 valence electrons. The Labute approximate surface area is 123 Å². The van der Waals surface area contributed by atoms with E-state index < -0.39 is 17.7 Å². The van der Waals surface area contributed by atoms with Crippen molar-refractivity contribution in [1.29, 1.82) is 0 Å². The number of ether oxygens (including phenoxy) is 1. The van der Waals surface area contributed by atoms with Crippen LogP contribution in [-0.4, -0.2) is 55.4 Å². The molecule has 2 N–H and O–H groups in total. The third-order valence-corrected chi connectivity index (χ3v) is 3.69. The molecule has 1 atom stereocenters. The van der Waals surface area contributed by atoms with Gasteiger partial charge < -0.3 is 20.1 Å². The number of aliphatic hydroxyl groups is 1. The average Bonchev–Trinajstić information content (AvgIpc) is 2.48. The number of piperidine rings is 1. The monoisotopic (exact) mass is 300 g/mol. The third kappa shape index (κ3) is 5.22. The molecule has 0 bridgehead atoms. The Morgan fingerprint density at radius 3 is 2.71 bits per heavy atom. The van der Waals surface area contributed by atoms with Gasteiger partial charge in [0.25, 0.3) is 0 Å². The molecule has 1 aliphatic heterocycles. The van der Waals surface area contributed by atoms with Gasteiger partial charge in [-0.15, -0.1) is 0 Å². The standard InChI is InChI=1S/C15H22F2N2O2/c1-19-6-4-11(5-7-19)18-9-12(20)10-21-13-2-3-14(16)15(17)8-13/h2-3,8,11-12,18,20H,4-7,9-10H2,1H3. The SMILES string of the molecule is CN1CCC(NCC(O)COc2ccc(F)c(F)c2)CC1. The van der Waals surface area contributed by atoms with E-state index in [-0.39, 0.29) is 12.4 Å². The lowest BCUT2D eigenvalue weighted by molar-refractivity contribution is 0.0993. The third-order valence-electron chi connectivity index (χ3n) is 3.69. The van der Waals surface area contributed by atoms with Crippen LogP contribution in [0.1, 0.15) is 12.8 Å². The van der Waals surface area contributed by atoms with Gasteiger partial charge in [-0.1, -0.05) is 0 Å². The Kier molecular flexibility index (Phi) is 5.90. The van der Waals surface area contributed by atoms with Crippen molar-refractivity contribution >= 4 is 0 Å². The van der Waals surface area contributed by atoms with Crippen LogP contribution >= 0.6 is 0 Å². The zero-order valence-corrected chi connectivity index (χ0v) is 12.2. The minimum Gasteiger partial charge on any atom is -0.491 e. The van der Waals surface area contributed by atoms with Crippen LogP contribution in [0.25, 0.3) is 0 Å². The molecule has 6 heteroatoms. The highest BCUT2D eigenvalue weighted by atomic mass is 19.2. The molecule has 21 heavy (non-hydrogen) atoms. The second-order valence-electron chi connectivity index (χ2n) is 5.53. The summed E-state index contributed by atoms with van der Waals surface area (Å²) in [6.07, 6.45) is 1.44. The molecule has 1 aromatic rings. The Hall–Kier alpha value is -1.24. The fraction of sp³-hybridized carbons (Fsp3) is 0.600. The van der Waals surface area contributed by atoms with E-state index in [0.717, 1.165) is 38.1 Å². The topological polar surface area (TPSA) is 44.7 Å². The van der Waals surface area contributed by atoms with Crippen LogP contribution < -0.4 is 10.1 Å². The van der Waals surface area contributed by atoms with Crippen LogP contribution in [0.4, 0.5) is 8.78 Å².